The van der Waals surface area contributed by atoms with E-state index in [1.807, 2.05) is 30.3 Å². The maximum Gasteiger partial charge on any atom is 0.246 e. The number of benzene rings is 3. The molecule has 3 aromatic rings. The van der Waals surface area contributed by atoms with Crippen LogP contribution in [0.25, 0.3) is 0 Å². The van der Waals surface area contributed by atoms with Crippen molar-refractivity contribution in [3.05, 3.63) is 83.4 Å². The molecule has 0 heterocycles. The molecule has 0 aliphatic rings. The molecule has 0 radical (unpaired) electrons. The number of carbonyl (C=O) groups excluding carboxylic acids is 2. The maximum atomic E-state index is 13.3. The second-order valence-corrected chi connectivity index (χ2v) is 7.75. The topological polar surface area (TPSA) is 79.9 Å². The Balaban J connectivity index is 1.74. The molecule has 7 nitrogen and oxygen atoms in total. The van der Waals surface area contributed by atoms with Gasteiger partial charge in [0.05, 0.1) is 25.8 Å². The third kappa shape index (κ3) is 6.47. The molecule has 8 heteroatoms. The summed E-state index contributed by atoms with van der Waals surface area (Å²) in [6.07, 6.45) is 0. The first kappa shape index (κ1) is 24.1. The van der Waals surface area contributed by atoms with Crippen LogP contribution in [-0.2, 0) is 9.59 Å². The highest BCUT2D eigenvalue weighted by Gasteiger charge is 2.27. The van der Waals surface area contributed by atoms with Gasteiger partial charge in [0.2, 0.25) is 11.8 Å². The van der Waals surface area contributed by atoms with Crippen LogP contribution in [0.3, 0.4) is 0 Å². The number of amides is 2. The summed E-state index contributed by atoms with van der Waals surface area (Å²) < 4.78 is 10.3. The maximum absolute atomic E-state index is 13.3. The number of methoxy groups -OCH3 is 2. The van der Waals surface area contributed by atoms with Crippen molar-refractivity contribution < 1.29 is 19.1 Å². The third-order valence-electron chi connectivity index (χ3n) is 4.99. The third-order valence-corrected chi connectivity index (χ3v) is 5.29. The van der Waals surface area contributed by atoms with Crippen LogP contribution in [0.4, 0.5) is 11.4 Å². The molecule has 0 fully saturated rings. The quantitative estimate of drug-likeness (QED) is 0.480. The molecule has 0 aliphatic heterocycles. The summed E-state index contributed by atoms with van der Waals surface area (Å²) in [4.78, 5) is 27.6. The summed E-state index contributed by atoms with van der Waals surface area (Å²) in [7, 11) is 4.83. The molecule has 3 rings (SSSR count). The van der Waals surface area contributed by atoms with Crippen LogP contribution in [0.15, 0.2) is 72.8 Å². The summed E-state index contributed by atoms with van der Waals surface area (Å²) >= 11 is 6.19. The van der Waals surface area contributed by atoms with Crippen molar-refractivity contribution >= 4 is 34.8 Å². The van der Waals surface area contributed by atoms with Crippen LogP contribution >= 0.6 is 11.6 Å². The van der Waals surface area contributed by atoms with Crippen molar-refractivity contribution in [3.8, 4) is 11.5 Å². The molecule has 1 atom stereocenters. The van der Waals surface area contributed by atoms with Crippen LogP contribution in [0, 0.1) is 0 Å². The second kappa shape index (κ2) is 11.4. The van der Waals surface area contributed by atoms with Crippen LogP contribution < -0.4 is 20.1 Å². The molecule has 3 aromatic carbocycles. The minimum Gasteiger partial charge on any atom is -0.497 e. The molecule has 2 N–H and O–H groups in total. The Morgan fingerprint density at radius 1 is 0.909 bits per heavy atom. The smallest absolute Gasteiger partial charge is 0.246 e. The number of nitrogens with one attached hydrogen (secondary N) is 2. The van der Waals surface area contributed by atoms with Crippen molar-refractivity contribution in [3.63, 3.8) is 0 Å². The molecule has 0 aliphatic carbocycles. The Morgan fingerprint density at radius 3 is 2.18 bits per heavy atom. The summed E-state index contributed by atoms with van der Waals surface area (Å²) in [5.74, 6) is 0.678. The number of halogens is 1. The average Bonchev–Trinajstić information content (AvgIpc) is 2.80. The Morgan fingerprint density at radius 2 is 1.58 bits per heavy atom. The second-order valence-electron chi connectivity index (χ2n) is 7.34. The van der Waals surface area contributed by atoms with E-state index >= 15 is 0 Å². The Hall–Kier alpha value is -3.55. The van der Waals surface area contributed by atoms with Gasteiger partial charge >= 0.3 is 0 Å². The van der Waals surface area contributed by atoms with E-state index in [2.05, 4.69) is 10.6 Å². The SMILES string of the molecule is COc1ccc(NC(=O)CN(C)C(C(=O)Nc2ccc(OC)c(Cl)c2)c2ccccc2)cc1. The number of anilines is 2. The average molecular weight is 468 g/mol. The van der Waals surface area contributed by atoms with E-state index in [1.54, 1.807) is 61.5 Å². The van der Waals surface area contributed by atoms with E-state index in [4.69, 9.17) is 21.1 Å². The number of rotatable bonds is 9. The fourth-order valence-corrected chi connectivity index (χ4v) is 3.65. The fraction of sp³-hybridized carbons (Fsp3) is 0.200. The molecule has 1 unspecified atom stereocenters. The van der Waals surface area contributed by atoms with Crippen molar-refractivity contribution in [1.29, 1.82) is 0 Å². The monoisotopic (exact) mass is 467 g/mol. The molecule has 0 saturated heterocycles. The van der Waals surface area contributed by atoms with Gasteiger partial charge in [-0.3, -0.25) is 14.5 Å². The van der Waals surface area contributed by atoms with Gasteiger partial charge in [-0.1, -0.05) is 41.9 Å². The lowest BCUT2D eigenvalue weighted by molar-refractivity contribution is -0.123. The zero-order chi connectivity index (χ0) is 23.8. The highest BCUT2D eigenvalue weighted by Crippen LogP contribution is 2.28. The van der Waals surface area contributed by atoms with Gasteiger partial charge in [-0.2, -0.15) is 0 Å². The number of hydrogen-bond donors (Lipinski definition) is 2. The van der Waals surface area contributed by atoms with Crippen LogP contribution in [0.5, 0.6) is 11.5 Å². The molecule has 33 heavy (non-hydrogen) atoms. The van der Waals surface area contributed by atoms with Gasteiger partial charge in [-0.25, -0.2) is 0 Å². The molecular formula is C25H26ClN3O4. The number of carbonyl (C=O) groups is 2. The number of likely N-dealkylation sites (N-methyl/N-ethyl adjacent to an activating group) is 1. The van der Waals surface area contributed by atoms with Crippen molar-refractivity contribution in [1.82, 2.24) is 4.90 Å². The van der Waals surface area contributed by atoms with Gasteiger partial charge in [-0.05, 0) is 55.1 Å². The van der Waals surface area contributed by atoms with Crippen LogP contribution in [-0.4, -0.2) is 44.5 Å². The lowest BCUT2D eigenvalue weighted by atomic mass is 10.0. The van der Waals surface area contributed by atoms with Crippen LogP contribution in [0.2, 0.25) is 5.02 Å². The van der Waals surface area contributed by atoms with E-state index in [9.17, 15) is 9.59 Å². The fourth-order valence-electron chi connectivity index (χ4n) is 3.39. The summed E-state index contributed by atoms with van der Waals surface area (Å²) in [5.41, 5.74) is 1.93. The minimum absolute atomic E-state index is 0.00236. The number of ether oxygens (including phenoxy) is 2. The van der Waals surface area contributed by atoms with E-state index in [0.717, 1.165) is 5.56 Å². The first-order valence-corrected chi connectivity index (χ1v) is 10.6. The van der Waals surface area contributed by atoms with Gasteiger partial charge in [0.25, 0.3) is 0 Å². The highest BCUT2D eigenvalue weighted by atomic mass is 35.5. The first-order valence-electron chi connectivity index (χ1n) is 10.2. The van der Waals surface area contributed by atoms with Crippen molar-refractivity contribution in [2.75, 3.05) is 38.4 Å². The minimum atomic E-state index is -0.700. The molecule has 0 spiro atoms. The lowest BCUT2D eigenvalue weighted by Gasteiger charge is -2.27. The highest BCUT2D eigenvalue weighted by molar-refractivity contribution is 6.32. The molecule has 172 valence electrons. The van der Waals surface area contributed by atoms with E-state index in [-0.39, 0.29) is 18.4 Å². The predicted molar refractivity (Wildman–Crippen MR) is 130 cm³/mol. The first-order chi connectivity index (χ1) is 15.9. The zero-order valence-electron chi connectivity index (χ0n) is 18.7. The van der Waals surface area contributed by atoms with E-state index in [1.165, 1.54) is 7.11 Å². The number of nitrogens with zero attached hydrogens (tertiary/aromatic N) is 1. The van der Waals surface area contributed by atoms with Gasteiger partial charge in [0, 0.05) is 11.4 Å². The van der Waals surface area contributed by atoms with Crippen molar-refractivity contribution in [2.45, 2.75) is 6.04 Å². The Bertz CT molecular complexity index is 1090. The summed E-state index contributed by atoms with van der Waals surface area (Å²) in [6.45, 7) is 0.00236. The Labute approximate surface area is 198 Å². The van der Waals surface area contributed by atoms with E-state index in [0.29, 0.717) is 27.9 Å². The molecule has 0 saturated carbocycles. The van der Waals surface area contributed by atoms with Gasteiger partial charge < -0.3 is 20.1 Å². The van der Waals surface area contributed by atoms with Gasteiger partial charge in [-0.15, -0.1) is 0 Å². The van der Waals surface area contributed by atoms with Gasteiger partial charge in [0.1, 0.15) is 17.5 Å². The normalized spacial score (nSPS) is 11.5. The largest absolute Gasteiger partial charge is 0.497 e. The molecule has 0 aromatic heterocycles. The molecule has 2 amide bonds. The molecule has 0 bridgehead atoms. The predicted octanol–water partition coefficient (Wildman–Crippen LogP) is 4.61. The van der Waals surface area contributed by atoms with Crippen LogP contribution in [0.1, 0.15) is 11.6 Å². The van der Waals surface area contributed by atoms with E-state index < -0.39 is 6.04 Å². The number of hydrogen-bond acceptors (Lipinski definition) is 5. The Kier molecular flexibility index (Phi) is 8.29. The zero-order valence-corrected chi connectivity index (χ0v) is 19.4. The standard InChI is InChI=1S/C25H26ClN3O4/c1-29(16-23(30)27-18-9-12-20(32-2)13-10-18)24(17-7-5-4-6-8-17)25(31)28-19-11-14-22(33-3)21(26)15-19/h4-15,24H,16H2,1-3H3,(H,27,30)(H,28,31). The summed E-state index contributed by atoms with van der Waals surface area (Å²) in [5, 5.41) is 6.11. The molecular weight excluding hydrogens is 442 g/mol. The van der Waals surface area contributed by atoms with Gasteiger partial charge in [0.15, 0.2) is 0 Å². The summed E-state index contributed by atoms with van der Waals surface area (Å²) in [6, 6.07) is 20.6. The van der Waals surface area contributed by atoms with Crippen molar-refractivity contribution in [2.24, 2.45) is 0 Å². The lowest BCUT2D eigenvalue weighted by Crippen LogP contribution is -2.39.